The molecule has 1 amide bonds. The largest absolute Gasteiger partial charge is 0.354 e. The first-order chi connectivity index (χ1) is 9.25. The average molecular weight is 388 g/mol. The van der Waals surface area contributed by atoms with E-state index >= 15 is 0 Å². The molecule has 5 nitrogen and oxygen atoms in total. The quantitative estimate of drug-likeness (QED) is 0.736. The number of nitrogens with one attached hydrogen (secondary N) is 2. The van der Waals surface area contributed by atoms with E-state index in [4.69, 9.17) is 0 Å². The lowest BCUT2D eigenvalue weighted by Gasteiger charge is -2.14. The highest BCUT2D eigenvalue weighted by molar-refractivity contribution is 14.0. The van der Waals surface area contributed by atoms with Gasteiger partial charge in [-0.05, 0) is 12.0 Å². The molecule has 110 valence electrons. The van der Waals surface area contributed by atoms with E-state index in [9.17, 15) is 4.79 Å². The Balaban J connectivity index is 0.00000200. The maximum absolute atomic E-state index is 11.6. The molecule has 2 N–H and O–H groups in total. The molecule has 0 spiro atoms. The molecule has 1 aromatic carbocycles. The molecule has 0 aliphatic carbocycles. The summed E-state index contributed by atoms with van der Waals surface area (Å²) in [6.07, 6.45) is 0.855. The number of carbonyl (C=O) groups excluding carboxylic acids is 1. The van der Waals surface area contributed by atoms with Crippen LogP contribution in [-0.2, 0) is 11.2 Å². The number of amides is 1. The summed E-state index contributed by atoms with van der Waals surface area (Å²) in [5.74, 6) is 0.803. The summed E-state index contributed by atoms with van der Waals surface area (Å²) in [4.78, 5) is 17.9. The molecule has 20 heavy (non-hydrogen) atoms. The van der Waals surface area contributed by atoms with Crippen LogP contribution in [0.3, 0.4) is 0 Å². The number of likely N-dealkylation sites (N-methyl/N-ethyl adjacent to an activating group) is 1. The van der Waals surface area contributed by atoms with Crippen LogP contribution >= 0.6 is 24.0 Å². The minimum Gasteiger partial charge on any atom is -0.354 e. The Hall–Kier alpha value is -1.31. The molecule has 0 unspecified atom stereocenters. The number of nitrogens with zero attached hydrogens (tertiary/aromatic N) is 2. The van der Waals surface area contributed by atoms with Gasteiger partial charge in [0.25, 0.3) is 0 Å². The van der Waals surface area contributed by atoms with Gasteiger partial charge >= 0.3 is 0 Å². The second-order valence-corrected chi connectivity index (χ2v) is 4.57. The topological polar surface area (TPSA) is 56.7 Å². The Kier molecular flexibility index (Phi) is 7.35. The van der Waals surface area contributed by atoms with E-state index in [2.05, 4.69) is 27.8 Å². The number of benzene rings is 1. The smallest absolute Gasteiger partial charge is 0.239 e. The standard InChI is InChI=1S/C14H20N4O.HI/c1-18-10-9-16-14(18)17-11-13(19)15-8-7-12-5-3-2-4-6-12;/h2-6H,7-11H2,1H3,(H,15,19)(H,16,17);1H. The summed E-state index contributed by atoms with van der Waals surface area (Å²) in [5, 5.41) is 5.94. The number of halogens is 1. The van der Waals surface area contributed by atoms with Gasteiger partial charge in [0.1, 0.15) is 0 Å². The van der Waals surface area contributed by atoms with Crippen LogP contribution in [0.15, 0.2) is 35.3 Å². The lowest BCUT2D eigenvalue weighted by molar-refractivity contribution is -0.119. The highest BCUT2D eigenvalue weighted by atomic mass is 127. The minimum absolute atomic E-state index is 0. The summed E-state index contributed by atoms with van der Waals surface area (Å²) in [7, 11) is 1.96. The van der Waals surface area contributed by atoms with Gasteiger partial charge in [-0.25, -0.2) is 0 Å². The number of hydrogen-bond acceptors (Lipinski definition) is 4. The third-order valence-electron chi connectivity index (χ3n) is 3.04. The number of hydrogen-bond donors (Lipinski definition) is 2. The Labute approximate surface area is 136 Å². The molecule has 0 radical (unpaired) electrons. The molecule has 1 aromatic rings. The Morgan fingerprint density at radius 3 is 2.75 bits per heavy atom. The molecular formula is C14H21IN4O. The van der Waals surface area contributed by atoms with Crippen LogP contribution in [0.25, 0.3) is 0 Å². The van der Waals surface area contributed by atoms with E-state index < -0.39 is 0 Å². The van der Waals surface area contributed by atoms with Gasteiger partial charge in [0, 0.05) is 20.1 Å². The fraction of sp³-hybridized carbons (Fsp3) is 0.429. The lowest BCUT2D eigenvalue weighted by atomic mass is 10.1. The van der Waals surface area contributed by atoms with Crippen molar-refractivity contribution in [1.82, 2.24) is 15.5 Å². The monoisotopic (exact) mass is 388 g/mol. The molecule has 0 fully saturated rings. The Morgan fingerprint density at radius 1 is 1.35 bits per heavy atom. The summed E-state index contributed by atoms with van der Waals surface area (Å²) >= 11 is 0. The van der Waals surface area contributed by atoms with Crippen molar-refractivity contribution in [2.45, 2.75) is 6.42 Å². The Bertz CT molecular complexity index is 450. The van der Waals surface area contributed by atoms with Crippen molar-refractivity contribution in [3.63, 3.8) is 0 Å². The zero-order valence-electron chi connectivity index (χ0n) is 11.6. The van der Waals surface area contributed by atoms with Crippen LogP contribution in [0, 0.1) is 0 Å². The molecule has 1 aliphatic rings. The predicted octanol–water partition coefficient (Wildman–Crippen LogP) is 0.854. The van der Waals surface area contributed by atoms with Crippen molar-refractivity contribution in [2.24, 2.45) is 4.99 Å². The van der Waals surface area contributed by atoms with E-state index in [0.29, 0.717) is 6.54 Å². The molecule has 0 atom stereocenters. The lowest BCUT2D eigenvalue weighted by Crippen LogP contribution is -2.42. The molecule has 0 saturated heterocycles. The van der Waals surface area contributed by atoms with Crippen molar-refractivity contribution < 1.29 is 4.79 Å². The van der Waals surface area contributed by atoms with Crippen molar-refractivity contribution >= 4 is 35.8 Å². The van der Waals surface area contributed by atoms with Gasteiger partial charge in [0.05, 0.1) is 13.1 Å². The predicted molar refractivity (Wildman–Crippen MR) is 91.5 cm³/mol. The molecule has 2 rings (SSSR count). The average Bonchev–Trinajstić information content (AvgIpc) is 2.83. The Morgan fingerprint density at radius 2 is 2.10 bits per heavy atom. The van der Waals surface area contributed by atoms with E-state index in [0.717, 1.165) is 25.5 Å². The first-order valence-electron chi connectivity index (χ1n) is 6.56. The number of rotatable bonds is 5. The highest BCUT2D eigenvalue weighted by Crippen LogP contribution is 1.98. The van der Waals surface area contributed by atoms with Crippen LogP contribution in [0.2, 0.25) is 0 Å². The number of carbonyl (C=O) groups is 1. The third-order valence-corrected chi connectivity index (χ3v) is 3.04. The van der Waals surface area contributed by atoms with Gasteiger partial charge < -0.3 is 15.5 Å². The van der Waals surface area contributed by atoms with Crippen LogP contribution in [0.1, 0.15) is 5.56 Å². The second kappa shape index (κ2) is 8.78. The molecule has 1 aliphatic heterocycles. The first-order valence-corrected chi connectivity index (χ1v) is 6.56. The maximum Gasteiger partial charge on any atom is 0.239 e. The van der Waals surface area contributed by atoms with Gasteiger partial charge in [-0.3, -0.25) is 9.79 Å². The van der Waals surface area contributed by atoms with Crippen LogP contribution < -0.4 is 10.6 Å². The van der Waals surface area contributed by atoms with Crippen molar-refractivity contribution in [2.75, 3.05) is 33.2 Å². The highest BCUT2D eigenvalue weighted by Gasteiger charge is 2.12. The summed E-state index contributed by atoms with van der Waals surface area (Å²) in [6.45, 7) is 2.65. The van der Waals surface area contributed by atoms with Crippen molar-refractivity contribution in [3.8, 4) is 0 Å². The second-order valence-electron chi connectivity index (χ2n) is 4.57. The zero-order chi connectivity index (χ0) is 13.5. The van der Waals surface area contributed by atoms with Gasteiger partial charge in [0.2, 0.25) is 5.91 Å². The maximum atomic E-state index is 11.6. The summed E-state index contributed by atoms with van der Waals surface area (Å²) in [6, 6.07) is 10.1. The summed E-state index contributed by atoms with van der Waals surface area (Å²) in [5.41, 5.74) is 1.23. The first kappa shape index (κ1) is 16.7. The molecule has 0 bridgehead atoms. The van der Waals surface area contributed by atoms with Gasteiger partial charge in [-0.2, -0.15) is 0 Å². The molecule has 6 heteroatoms. The molecular weight excluding hydrogens is 367 g/mol. The summed E-state index contributed by atoms with van der Waals surface area (Å²) < 4.78 is 0. The van der Waals surface area contributed by atoms with E-state index in [1.165, 1.54) is 5.56 Å². The normalized spacial score (nSPS) is 13.4. The van der Waals surface area contributed by atoms with Crippen LogP contribution in [-0.4, -0.2) is 50.0 Å². The van der Waals surface area contributed by atoms with Crippen molar-refractivity contribution in [3.05, 3.63) is 35.9 Å². The van der Waals surface area contributed by atoms with Gasteiger partial charge in [0.15, 0.2) is 5.96 Å². The van der Waals surface area contributed by atoms with E-state index in [1.54, 1.807) is 0 Å². The number of aliphatic imine (C=N–C) groups is 1. The number of guanidine groups is 1. The van der Waals surface area contributed by atoms with Crippen molar-refractivity contribution in [1.29, 1.82) is 0 Å². The SMILES string of the molecule is CN1CCN=C1NCC(=O)NCCc1ccccc1.I. The zero-order valence-corrected chi connectivity index (χ0v) is 14.0. The third kappa shape index (κ3) is 5.36. The van der Waals surface area contributed by atoms with Crippen LogP contribution in [0.4, 0.5) is 0 Å². The van der Waals surface area contributed by atoms with Crippen LogP contribution in [0.5, 0.6) is 0 Å². The van der Waals surface area contributed by atoms with E-state index in [-0.39, 0.29) is 36.4 Å². The van der Waals surface area contributed by atoms with Gasteiger partial charge in [-0.1, -0.05) is 30.3 Å². The fourth-order valence-electron chi connectivity index (χ4n) is 1.94. The molecule has 0 saturated carbocycles. The molecule has 0 aromatic heterocycles. The molecule has 1 heterocycles. The fourth-order valence-corrected chi connectivity index (χ4v) is 1.94. The minimum atomic E-state index is -0.000990. The van der Waals surface area contributed by atoms with Gasteiger partial charge in [-0.15, -0.1) is 24.0 Å². The van der Waals surface area contributed by atoms with E-state index in [1.807, 2.05) is 30.1 Å².